The Bertz CT molecular complexity index is 989. The van der Waals surface area contributed by atoms with E-state index in [1.54, 1.807) is 18.2 Å². The van der Waals surface area contributed by atoms with E-state index in [9.17, 15) is 18.0 Å². The first kappa shape index (κ1) is 23.2. The molecule has 3 aliphatic rings. The molecular formula is C24H35N3O4S. The third kappa shape index (κ3) is 4.44. The van der Waals surface area contributed by atoms with Crippen LogP contribution in [0.5, 0.6) is 0 Å². The van der Waals surface area contributed by atoms with Crippen molar-refractivity contribution in [3.63, 3.8) is 0 Å². The number of amides is 2. The molecule has 1 aliphatic heterocycles. The largest absolute Gasteiger partial charge is 0.352 e. The van der Waals surface area contributed by atoms with E-state index in [0.29, 0.717) is 12.3 Å². The van der Waals surface area contributed by atoms with Crippen LogP contribution < -0.4 is 10.2 Å². The van der Waals surface area contributed by atoms with Gasteiger partial charge in [-0.25, -0.2) is 8.42 Å². The molecule has 0 spiro atoms. The van der Waals surface area contributed by atoms with Crippen molar-refractivity contribution in [3.8, 4) is 0 Å². The van der Waals surface area contributed by atoms with Gasteiger partial charge < -0.3 is 10.2 Å². The Morgan fingerprint density at radius 3 is 2.47 bits per heavy atom. The number of carbonyl (C=O) groups excluding carboxylic acids is 2. The van der Waals surface area contributed by atoms with Crippen LogP contribution in [-0.4, -0.2) is 50.2 Å². The minimum Gasteiger partial charge on any atom is -0.352 e. The summed E-state index contributed by atoms with van der Waals surface area (Å²) in [4.78, 5) is 27.4. The van der Waals surface area contributed by atoms with E-state index in [1.165, 1.54) is 13.5 Å². The molecule has 0 unspecified atom stereocenters. The molecule has 7 nitrogen and oxygen atoms in total. The topological polar surface area (TPSA) is 86.8 Å². The molecule has 1 heterocycles. The lowest BCUT2D eigenvalue weighted by molar-refractivity contribution is -0.125. The number of carbonyl (C=O) groups is 2. The number of sulfonamides is 1. The summed E-state index contributed by atoms with van der Waals surface area (Å²) in [5.74, 6) is 0.410. The van der Waals surface area contributed by atoms with Gasteiger partial charge in [-0.05, 0) is 68.7 Å². The van der Waals surface area contributed by atoms with Crippen LogP contribution in [-0.2, 0) is 26.0 Å². The highest BCUT2D eigenvalue weighted by Crippen LogP contribution is 2.38. The fourth-order valence-electron chi connectivity index (χ4n) is 5.21. The monoisotopic (exact) mass is 461 g/mol. The third-order valence-electron chi connectivity index (χ3n) is 7.49. The third-order valence-corrected chi connectivity index (χ3v) is 9.29. The van der Waals surface area contributed by atoms with Crippen molar-refractivity contribution in [3.05, 3.63) is 23.8 Å². The highest BCUT2D eigenvalue weighted by Gasteiger charge is 2.38. The number of rotatable bonds is 6. The van der Waals surface area contributed by atoms with Crippen LogP contribution in [0.3, 0.4) is 0 Å². The first-order valence-electron chi connectivity index (χ1n) is 11.9. The van der Waals surface area contributed by atoms with Crippen LogP contribution in [0.15, 0.2) is 23.1 Å². The van der Waals surface area contributed by atoms with Gasteiger partial charge in [0.1, 0.15) is 0 Å². The SMILES string of the molecule is C[C@@H]1CCCC[C@@H]1NC(=O)CN(C)S(=O)(=O)c1ccc2c(c1)C[C@@H](C)N2C(=O)C1CCC1. The molecule has 0 bridgehead atoms. The van der Waals surface area contributed by atoms with Gasteiger partial charge in [0.15, 0.2) is 0 Å². The number of benzene rings is 1. The van der Waals surface area contributed by atoms with Gasteiger partial charge in [0.25, 0.3) is 0 Å². The van der Waals surface area contributed by atoms with E-state index in [2.05, 4.69) is 12.2 Å². The summed E-state index contributed by atoms with van der Waals surface area (Å²) in [6.07, 6.45) is 7.94. The number of hydrogen-bond acceptors (Lipinski definition) is 4. The summed E-state index contributed by atoms with van der Waals surface area (Å²) in [6.45, 7) is 3.94. The van der Waals surface area contributed by atoms with E-state index in [4.69, 9.17) is 0 Å². The lowest BCUT2D eigenvalue weighted by atomic mass is 9.84. The van der Waals surface area contributed by atoms with Crippen molar-refractivity contribution in [2.24, 2.45) is 11.8 Å². The molecule has 3 atom stereocenters. The number of hydrogen-bond donors (Lipinski definition) is 1. The molecule has 2 saturated carbocycles. The van der Waals surface area contributed by atoms with Gasteiger partial charge in [0, 0.05) is 30.7 Å². The van der Waals surface area contributed by atoms with Crippen LogP contribution in [0, 0.1) is 11.8 Å². The summed E-state index contributed by atoms with van der Waals surface area (Å²) >= 11 is 0. The Hall–Kier alpha value is -1.93. The standard InChI is InChI=1S/C24H35N3O4S/c1-16-7-4-5-10-21(16)25-23(28)15-26(3)32(30,31)20-11-12-22-19(14-20)13-17(2)27(22)24(29)18-8-6-9-18/h11-12,14,16-18,21H,4-10,13,15H2,1-3H3,(H,25,28)/t16-,17-,21+/m1/s1. The first-order valence-corrected chi connectivity index (χ1v) is 13.3. The first-order chi connectivity index (χ1) is 15.2. The van der Waals surface area contributed by atoms with Gasteiger partial charge >= 0.3 is 0 Å². The van der Waals surface area contributed by atoms with Crippen LogP contribution in [0.2, 0.25) is 0 Å². The summed E-state index contributed by atoms with van der Waals surface area (Å²) in [7, 11) is -2.36. The highest BCUT2D eigenvalue weighted by atomic mass is 32.2. The molecule has 4 rings (SSSR count). The van der Waals surface area contributed by atoms with Gasteiger partial charge in [0.05, 0.1) is 11.4 Å². The lowest BCUT2D eigenvalue weighted by Crippen LogP contribution is -2.46. The van der Waals surface area contributed by atoms with Crippen LogP contribution in [0.25, 0.3) is 0 Å². The zero-order valence-corrected chi connectivity index (χ0v) is 20.2. The predicted octanol–water partition coefficient (Wildman–Crippen LogP) is 3.08. The maximum atomic E-state index is 13.2. The molecule has 1 N–H and O–H groups in total. The molecule has 0 aromatic heterocycles. The minimum atomic E-state index is -3.81. The molecule has 2 aliphatic carbocycles. The van der Waals surface area contributed by atoms with Gasteiger partial charge in [-0.1, -0.05) is 26.2 Å². The second-order valence-corrected chi connectivity index (χ2v) is 11.9. The van der Waals surface area contributed by atoms with E-state index < -0.39 is 10.0 Å². The fraction of sp³-hybridized carbons (Fsp3) is 0.667. The average molecular weight is 462 g/mol. The van der Waals surface area contributed by atoms with Gasteiger partial charge in [-0.3, -0.25) is 9.59 Å². The van der Waals surface area contributed by atoms with Crippen molar-refractivity contribution in [1.82, 2.24) is 9.62 Å². The Morgan fingerprint density at radius 2 is 1.81 bits per heavy atom. The molecule has 1 aromatic carbocycles. The molecule has 32 heavy (non-hydrogen) atoms. The summed E-state index contributed by atoms with van der Waals surface area (Å²) < 4.78 is 27.4. The fourth-order valence-corrected chi connectivity index (χ4v) is 6.38. The number of likely N-dealkylation sites (N-methyl/N-ethyl adjacent to an activating group) is 1. The minimum absolute atomic E-state index is 0.0250. The smallest absolute Gasteiger partial charge is 0.243 e. The van der Waals surface area contributed by atoms with Crippen LogP contribution >= 0.6 is 0 Å². The summed E-state index contributed by atoms with van der Waals surface area (Å²) in [5, 5.41) is 3.02. The van der Waals surface area contributed by atoms with E-state index >= 15 is 0 Å². The van der Waals surface area contributed by atoms with Crippen molar-refractivity contribution >= 4 is 27.5 Å². The zero-order valence-electron chi connectivity index (χ0n) is 19.3. The summed E-state index contributed by atoms with van der Waals surface area (Å²) in [5.41, 5.74) is 1.69. The van der Waals surface area contributed by atoms with Crippen molar-refractivity contribution < 1.29 is 18.0 Å². The molecule has 0 radical (unpaired) electrons. The molecule has 1 aromatic rings. The number of nitrogens with one attached hydrogen (secondary N) is 1. The van der Waals surface area contributed by atoms with E-state index in [1.807, 2.05) is 11.8 Å². The van der Waals surface area contributed by atoms with Crippen molar-refractivity contribution in [2.45, 2.75) is 82.2 Å². The van der Waals surface area contributed by atoms with E-state index in [0.717, 1.165) is 54.1 Å². The van der Waals surface area contributed by atoms with Crippen LogP contribution in [0.1, 0.15) is 64.4 Å². The maximum absolute atomic E-state index is 13.2. The van der Waals surface area contributed by atoms with Gasteiger partial charge in [-0.15, -0.1) is 0 Å². The highest BCUT2D eigenvalue weighted by molar-refractivity contribution is 7.89. The molecule has 0 saturated heterocycles. The number of nitrogens with zero attached hydrogens (tertiary/aromatic N) is 2. The van der Waals surface area contributed by atoms with Crippen molar-refractivity contribution in [1.29, 1.82) is 0 Å². The number of anilines is 1. The van der Waals surface area contributed by atoms with Gasteiger partial charge in [-0.2, -0.15) is 4.31 Å². The Labute approximate surface area is 191 Å². The maximum Gasteiger partial charge on any atom is 0.243 e. The Balaban J connectivity index is 1.45. The average Bonchev–Trinajstić information content (AvgIpc) is 3.03. The predicted molar refractivity (Wildman–Crippen MR) is 124 cm³/mol. The molecule has 176 valence electrons. The Morgan fingerprint density at radius 1 is 1.09 bits per heavy atom. The van der Waals surface area contributed by atoms with Gasteiger partial charge in [0.2, 0.25) is 21.8 Å². The quantitative estimate of drug-likeness (QED) is 0.705. The number of fused-ring (bicyclic) bond motifs is 1. The molecular weight excluding hydrogens is 426 g/mol. The van der Waals surface area contributed by atoms with E-state index in [-0.39, 0.29) is 41.3 Å². The molecule has 2 fully saturated rings. The molecule has 8 heteroatoms. The lowest BCUT2D eigenvalue weighted by Gasteiger charge is -2.32. The second-order valence-electron chi connectivity index (χ2n) is 9.88. The zero-order chi connectivity index (χ0) is 23.0. The van der Waals surface area contributed by atoms with Crippen LogP contribution in [0.4, 0.5) is 5.69 Å². The Kier molecular flexibility index (Phi) is 6.63. The summed E-state index contributed by atoms with van der Waals surface area (Å²) in [6, 6.07) is 5.13. The van der Waals surface area contributed by atoms with Crippen molar-refractivity contribution in [2.75, 3.05) is 18.5 Å². The molecule has 2 amide bonds. The second kappa shape index (κ2) is 9.14. The normalized spacial score (nSPS) is 26.0.